The van der Waals surface area contributed by atoms with Gasteiger partial charge >= 0.3 is 0 Å². The number of aryl methyl sites for hydroxylation is 2. The van der Waals surface area contributed by atoms with Gasteiger partial charge in [0.2, 0.25) is 0 Å². The van der Waals surface area contributed by atoms with Crippen LogP contribution in [0.4, 0.5) is 0 Å². The van der Waals surface area contributed by atoms with Crippen molar-refractivity contribution in [2.45, 2.75) is 59.9 Å². The van der Waals surface area contributed by atoms with Crippen molar-refractivity contribution < 1.29 is 4.52 Å². The van der Waals surface area contributed by atoms with Crippen LogP contribution in [0.2, 0.25) is 0 Å². The number of aliphatic imine (C=N–C) groups is 1. The summed E-state index contributed by atoms with van der Waals surface area (Å²) in [5, 5.41) is 11.0. The van der Waals surface area contributed by atoms with Gasteiger partial charge in [0.1, 0.15) is 5.76 Å². The fourth-order valence-corrected chi connectivity index (χ4v) is 3.23. The maximum atomic E-state index is 5.43. The third kappa shape index (κ3) is 7.06. The second kappa shape index (κ2) is 12.5. The van der Waals surface area contributed by atoms with Crippen LogP contribution in [0.3, 0.4) is 0 Å². The SMILES string of the molecule is CCNC(=NCc1c(CC)noc1CC)NCCN1CCC(C)CC1.I. The number of nitrogens with one attached hydrogen (secondary N) is 2. The number of hydrogen-bond donors (Lipinski definition) is 2. The first-order valence-electron chi connectivity index (χ1n) is 9.88. The first-order chi connectivity index (χ1) is 12.2. The number of nitrogens with zero attached hydrogens (tertiary/aromatic N) is 3. The molecule has 0 aromatic carbocycles. The number of halogens is 1. The van der Waals surface area contributed by atoms with Gasteiger partial charge in [-0.2, -0.15) is 0 Å². The molecule has 1 fully saturated rings. The lowest BCUT2D eigenvalue weighted by Gasteiger charge is -2.30. The molecule has 0 bridgehead atoms. The molecule has 26 heavy (non-hydrogen) atoms. The molecule has 0 saturated carbocycles. The summed E-state index contributed by atoms with van der Waals surface area (Å²) in [5.74, 6) is 2.71. The Bertz CT molecular complexity index is 517. The van der Waals surface area contributed by atoms with Gasteiger partial charge in [0.05, 0.1) is 12.2 Å². The fourth-order valence-electron chi connectivity index (χ4n) is 3.23. The Kier molecular flexibility index (Phi) is 11.2. The Hall–Kier alpha value is -0.830. The molecule has 0 atom stereocenters. The van der Waals surface area contributed by atoms with Crippen molar-refractivity contribution in [3.05, 3.63) is 17.0 Å². The summed E-state index contributed by atoms with van der Waals surface area (Å²) in [6, 6.07) is 0. The van der Waals surface area contributed by atoms with E-state index in [1.807, 2.05) is 0 Å². The van der Waals surface area contributed by atoms with Crippen molar-refractivity contribution in [2.24, 2.45) is 10.9 Å². The van der Waals surface area contributed by atoms with Crippen molar-refractivity contribution in [2.75, 3.05) is 32.7 Å². The molecule has 2 rings (SSSR count). The van der Waals surface area contributed by atoms with E-state index >= 15 is 0 Å². The molecule has 0 aliphatic carbocycles. The van der Waals surface area contributed by atoms with Crippen molar-refractivity contribution in [3.8, 4) is 0 Å². The smallest absolute Gasteiger partial charge is 0.191 e. The standard InChI is InChI=1S/C19H35N5O.HI/c1-5-17-16(18(6-2)25-23-17)14-22-19(20-7-3)21-10-13-24-11-8-15(4)9-12-24;/h15H,5-14H2,1-4H3,(H2,20,21,22);1H. The van der Waals surface area contributed by atoms with E-state index in [2.05, 4.69) is 48.4 Å². The first-order valence-corrected chi connectivity index (χ1v) is 9.88. The summed E-state index contributed by atoms with van der Waals surface area (Å²) in [5.41, 5.74) is 2.17. The van der Waals surface area contributed by atoms with E-state index < -0.39 is 0 Å². The topological polar surface area (TPSA) is 65.7 Å². The maximum absolute atomic E-state index is 5.43. The van der Waals surface area contributed by atoms with Crippen LogP contribution in [0, 0.1) is 5.92 Å². The van der Waals surface area contributed by atoms with Gasteiger partial charge in [-0.05, 0) is 45.2 Å². The van der Waals surface area contributed by atoms with Crippen LogP contribution in [-0.2, 0) is 19.4 Å². The molecule has 1 aromatic rings. The predicted octanol–water partition coefficient (Wildman–Crippen LogP) is 3.20. The maximum Gasteiger partial charge on any atom is 0.191 e. The third-order valence-electron chi connectivity index (χ3n) is 4.94. The second-order valence-electron chi connectivity index (χ2n) is 6.88. The van der Waals surface area contributed by atoms with Crippen molar-refractivity contribution in [3.63, 3.8) is 0 Å². The van der Waals surface area contributed by atoms with Crippen LogP contribution in [0.5, 0.6) is 0 Å². The lowest BCUT2D eigenvalue weighted by Crippen LogP contribution is -2.43. The van der Waals surface area contributed by atoms with Gasteiger partial charge in [0, 0.05) is 31.6 Å². The molecular formula is C19H36IN5O. The molecule has 1 aromatic heterocycles. The number of likely N-dealkylation sites (tertiary alicyclic amines) is 1. The Balaban J connectivity index is 0.00000338. The van der Waals surface area contributed by atoms with E-state index in [1.165, 1.54) is 25.9 Å². The molecule has 1 aliphatic heterocycles. The van der Waals surface area contributed by atoms with E-state index in [1.54, 1.807) is 0 Å². The van der Waals surface area contributed by atoms with Gasteiger partial charge in [-0.3, -0.25) is 0 Å². The van der Waals surface area contributed by atoms with E-state index in [9.17, 15) is 0 Å². The van der Waals surface area contributed by atoms with Gasteiger partial charge in [0.25, 0.3) is 0 Å². The predicted molar refractivity (Wildman–Crippen MR) is 118 cm³/mol. The van der Waals surface area contributed by atoms with Gasteiger partial charge in [-0.25, -0.2) is 4.99 Å². The highest BCUT2D eigenvalue weighted by molar-refractivity contribution is 14.0. The molecule has 1 saturated heterocycles. The summed E-state index contributed by atoms with van der Waals surface area (Å²) in [6.45, 7) is 14.6. The second-order valence-corrected chi connectivity index (χ2v) is 6.88. The molecule has 1 aliphatic rings. The van der Waals surface area contributed by atoms with E-state index in [0.29, 0.717) is 6.54 Å². The van der Waals surface area contributed by atoms with E-state index in [0.717, 1.165) is 61.4 Å². The molecule has 0 amide bonds. The van der Waals surface area contributed by atoms with Crippen molar-refractivity contribution in [1.29, 1.82) is 0 Å². The van der Waals surface area contributed by atoms with Crippen molar-refractivity contribution >= 4 is 29.9 Å². The van der Waals surface area contributed by atoms with Crippen LogP contribution in [0.1, 0.15) is 57.6 Å². The molecule has 0 spiro atoms. The van der Waals surface area contributed by atoms with Gasteiger partial charge in [-0.15, -0.1) is 24.0 Å². The Morgan fingerprint density at radius 2 is 1.92 bits per heavy atom. The largest absolute Gasteiger partial charge is 0.361 e. The molecule has 7 heteroatoms. The number of guanidine groups is 1. The summed E-state index contributed by atoms with van der Waals surface area (Å²) < 4.78 is 5.43. The lowest BCUT2D eigenvalue weighted by atomic mass is 9.99. The zero-order valence-corrected chi connectivity index (χ0v) is 19.1. The van der Waals surface area contributed by atoms with E-state index in [-0.39, 0.29) is 24.0 Å². The molecular weight excluding hydrogens is 441 g/mol. The minimum Gasteiger partial charge on any atom is -0.361 e. The number of rotatable bonds is 8. The van der Waals surface area contributed by atoms with Gasteiger partial charge < -0.3 is 20.1 Å². The number of hydrogen-bond acceptors (Lipinski definition) is 4. The quantitative estimate of drug-likeness (QED) is 0.342. The molecule has 6 nitrogen and oxygen atoms in total. The summed E-state index contributed by atoms with van der Waals surface area (Å²) in [7, 11) is 0. The monoisotopic (exact) mass is 477 g/mol. The Labute approximate surface area is 175 Å². The first kappa shape index (κ1) is 23.2. The Morgan fingerprint density at radius 1 is 1.19 bits per heavy atom. The summed E-state index contributed by atoms with van der Waals surface area (Å²) in [6.07, 6.45) is 4.38. The zero-order chi connectivity index (χ0) is 18.1. The molecule has 0 radical (unpaired) electrons. The van der Waals surface area contributed by atoms with E-state index in [4.69, 9.17) is 9.52 Å². The van der Waals surface area contributed by atoms with Crippen LogP contribution < -0.4 is 10.6 Å². The average molecular weight is 477 g/mol. The molecule has 2 heterocycles. The van der Waals surface area contributed by atoms with Crippen LogP contribution in [0.15, 0.2) is 9.52 Å². The normalized spacial score (nSPS) is 16.4. The zero-order valence-electron chi connectivity index (χ0n) is 16.8. The lowest BCUT2D eigenvalue weighted by molar-refractivity contribution is 0.195. The molecule has 150 valence electrons. The Morgan fingerprint density at radius 3 is 2.54 bits per heavy atom. The number of aromatic nitrogens is 1. The van der Waals surface area contributed by atoms with Crippen LogP contribution >= 0.6 is 24.0 Å². The summed E-state index contributed by atoms with van der Waals surface area (Å²) in [4.78, 5) is 7.29. The minimum atomic E-state index is 0. The highest BCUT2D eigenvalue weighted by Crippen LogP contribution is 2.17. The molecule has 0 unspecified atom stereocenters. The van der Waals surface area contributed by atoms with Gasteiger partial charge in [0.15, 0.2) is 5.96 Å². The number of piperidine rings is 1. The average Bonchev–Trinajstić information content (AvgIpc) is 3.03. The third-order valence-corrected chi connectivity index (χ3v) is 4.94. The highest BCUT2D eigenvalue weighted by atomic mass is 127. The minimum absolute atomic E-state index is 0. The van der Waals surface area contributed by atoms with Crippen LogP contribution in [0.25, 0.3) is 0 Å². The van der Waals surface area contributed by atoms with Crippen LogP contribution in [-0.4, -0.2) is 48.7 Å². The highest BCUT2D eigenvalue weighted by Gasteiger charge is 2.15. The van der Waals surface area contributed by atoms with Gasteiger partial charge in [-0.1, -0.05) is 25.9 Å². The van der Waals surface area contributed by atoms with Crippen molar-refractivity contribution in [1.82, 2.24) is 20.7 Å². The summed E-state index contributed by atoms with van der Waals surface area (Å²) >= 11 is 0. The molecule has 2 N–H and O–H groups in total. The fraction of sp³-hybridized carbons (Fsp3) is 0.789.